The maximum absolute atomic E-state index is 10.5. The predicted octanol–water partition coefficient (Wildman–Crippen LogP) is 4.50. The van der Waals surface area contributed by atoms with Crippen molar-refractivity contribution in [2.75, 3.05) is 11.4 Å². The second kappa shape index (κ2) is 8.20. The SMILES string of the molecule is CC(C)N(c1ccc(O)c(C(CCN)c2ccccc2)c1)C(C)C. The second-order valence-corrected chi connectivity index (χ2v) is 6.88. The van der Waals surface area contributed by atoms with Crippen molar-refractivity contribution in [1.82, 2.24) is 0 Å². The minimum Gasteiger partial charge on any atom is -0.508 e. The molecule has 1 unspecified atom stereocenters. The van der Waals surface area contributed by atoms with E-state index >= 15 is 0 Å². The Labute approximate surface area is 146 Å². The summed E-state index contributed by atoms with van der Waals surface area (Å²) >= 11 is 0. The molecule has 2 aromatic rings. The van der Waals surface area contributed by atoms with Gasteiger partial charge in [0.15, 0.2) is 0 Å². The van der Waals surface area contributed by atoms with E-state index in [1.807, 2.05) is 30.3 Å². The van der Waals surface area contributed by atoms with Crippen LogP contribution in [0.3, 0.4) is 0 Å². The molecule has 0 saturated carbocycles. The van der Waals surface area contributed by atoms with E-state index in [4.69, 9.17) is 5.73 Å². The van der Waals surface area contributed by atoms with Crippen molar-refractivity contribution >= 4 is 5.69 Å². The van der Waals surface area contributed by atoms with Gasteiger partial charge in [-0.25, -0.2) is 0 Å². The van der Waals surface area contributed by atoms with Crippen LogP contribution in [0.1, 0.15) is 51.2 Å². The van der Waals surface area contributed by atoms with Gasteiger partial charge in [-0.2, -0.15) is 0 Å². The first-order valence-corrected chi connectivity index (χ1v) is 8.82. The monoisotopic (exact) mass is 326 g/mol. The zero-order chi connectivity index (χ0) is 17.7. The first-order valence-electron chi connectivity index (χ1n) is 8.82. The average Bonchev–Trinajstić information content (AvgIpc) is 2.55. The van der Waals surface area contributed by atoms with Gasteiger partial charge in [0.1, 0.15) is 5.75 Å². The van der Waals surface area contributed by atoms with Gasteiger partial charge in [-0.05, 0) is 64.4 Å². The number of rotatable bonds is 7. The van der Waals surface area contributed by atoms with Crippen LogP contribution in [0, 0.1) is 0 Å². The predicted molar refractivity (Wildman–Crippen MR) is 103 cm³/mol. The summed E-state index contributed by atoms with van der Waals surface area (Å²) in [5.74, 6) is 0.450. The normalized spacial score (nSPS) is 12.6. The summed E-state index contributed by atoms with van der Waals surface area (Å²) in [6.45, 7) is 9.37. The summed E-state index contributed by atoms with van der Waals surface area (Å²) in [6, 6.07) is 17.0. The molecule has 2 rings (SSSR count). The van der Waals surface area contributed by atoms with Gasteiger partial charge in [-0.1, -0.05) is 30.3 Å². The van der Waals surface area contributed by atoms with Crippen LogP contribution in [0.2, 0.25) is 0 Å². The standard InChI is InChI=1S/C21H30N2O/c1-15(2)23(16(3)4)18-10-11-21(24)20(14-18)19(12-13-22)17-8-6-5-7-9-17/h5-11,14-16,19,24H,12-13,22H2,1-4H3. The molecule has 24 heavy (non-hydrogen) atoms. The van der Waals surface area contributed by atoms with E-state index in [1.54, 1.807) is 0 Å². The molecule has 1 atom stereocenters. The van der Waals surface area contributed by atoms with Crippen molar-refractivity contribution in [2.45, 2.75) is 52.1 Å². The molecule has 0 aliphatic rings. The van der Waals surface area contributed by atoms with Crippen LogP contribution in [-0.4, -0.2) is 23.7 Å². The third-order valence-electron chi connectivity index (χ3n) is 4.45. The highest BCUT2D eigenvalue weighted by molar-refractivity contribution is 5.56. The van der Waals surface area contributed by atoms with Crippen LogP contribution in [0.25, 0.3) is 0 Å². The van der Waals surface area contributed by atoms with Gasteiger partial charge in [0.25, 0.3) is 0 Å². The molecule has 0 fully saturated rings. The summed E-state index contributed by atoms with van der Waals surface area (Å²) < 4.78 is 0. The minimum atomic E-state index is 0.109. The number of anilines is 1. The third kappa shape index (κ3) is 4.09. The van der Waals surface area contributed by atoms with Crippen LogP contribution in [0.5, 0.6) is 5.75 Å². The lowest BCUT2D eigenvalue weighted by Crippen LogP contribution is -2.37. The Balaban J connectivity index is 2.49. The summed E-state index contributed by atoms with van der Waals surface area (Å²) in [7, 11) is 0. The van der Waals surface area contributed by atoms with Crippen LogP contribution in [-0.2, 0) is 0 Å². The number of benzene rings is 2. The molecule has 3 nitrogen and oxygen atoms in total. The molecule has 0 aliphatic heterocycles. The highest BCUT2D eigenvalue weighted by Crippen LogP contribution is 2.36. The maximum atomic E-state index is 10.5. The largest absolute Gasteiger partial charge is 0.508 e. The van der Waals surface area contributed by atoms with Crippen LogP contribution in [0.15, 0.2) is 48.5 Å². The lowest BCUT2D eigenvalue weighted by atomic mass is 9.87. The number of phenols is 1. The van der Waals surface area contributed by atoms with Crippen molar-refractivity contribution in [3.05, 3.63) is 59.7 Å². The van der Waals surface area contributed by atoms with Gasteiger partial charge in [0.05, 0.1) is 0 Å². The molecular weight excluding hydrogens is 296 g/mol. The molecule has 0 aliphatic carbocycles. The number of hydrogen-bond donors (Lipinski definition) is 2. The molecule has 0 saturated heterocycles. The van der Waals surface area contributed by atoms with Gasteiger partial charge in [-0.15, -0.1) is 0 Å². The Morgan fingerprint density at radius 3 is 2.12 bits per heavy atom. The molecule has 0 heterocycles. The molecule has 130 valence electrons. The highest BCUT2D eigenvalue weighted by Gasteiger charge is 2.21. The number of nitrogens with zero attached hydrogens (tertiary/aromatic N) is 1. The summed E-state index contributed by atoms with van der Waals surface area (Å²) in [6.07, 6.45) is 0.810. The fraction of sp³-hybridized carbons (Fsp3) is 0.429. The Kier molecular flexibility index (Phi) is 6.27. The van der Waals surface area contributed by atoms with Gasteiger partial charge >= 0.3 is 0 Å². The molecule has 0 amide bonds. The summed E-state index contributed by atoms with van der Waals surface area (Å²) in [5, 5.41) is 10.5. The quantitative estimate of drug-likeness (QED) is 0.788. The van der Waals surface area contributed by atoms with Gasteiger partial charge < -0.3 is 15.7 Å². The van der Waals surface area contributed by atoms with Crippen molar-refractivity contribution < 1.29 is 5.11 Å². The Morgan fingerprint density at radius 1 is 0.958 bits per heavy atom. The number of hydrogen-bond acceptors (Lipinski definition) is 3. The van der Waals surface area contributed by atoms with E-state index < -0.39 is 0 Å². The average molecular weight is 326 g/mol. The lowest BCUT2D eigenvalue weighted by molar-refractivity contribution is 0.462. The molecule has 0 radical (unpaired) electrons. The fourth-order valence-corrected chi connectivity index (χ4v) is 3.53. The van der Waals surface area contributed by atoms with Crippen molar-refractivity contribution in [2.24, 2.45) is 5.73 Å². The smallest absolute Gasteiger partial charge is 0.119 e. The zero-order valence-corrected chi connectivity index (χ0v) is 15.2. The molecule has 3 N–H and O–H groups in total. The molecule has 0 bridgehead atoms. The molecule has 0 spiro atoms. The number of aromatic hydroxyl groups is 1. The van der Waals surface area contributed by atoms with Crippen LogP contribution >= 0.6 is 0 Å². The first-order chi connectivity index (χ1) is 11.5. The lowest BCUT2D eigenvalue weighted by Gasteiger charge is -2.34. The zero-order valence-electron chi connectivity index (χ0n) is 15.2. The third-order valence-corrected chi connectivity index (χ3v) is 4.45. The van der Waals surface area contributed by atoms with E-state index in [0.29, 0.717) is 24.4 Å². The van der Waals surface area contributed by atoms with Gasteiger partial charge in [0.2, 0.25) is 0 Å². The van der Waals surface area contributed by atoms with E-state index in [2.05, 4.69) is 50.8 Å². The van der Waals surface area contributed by atoms with E-state index in [-0.39, 0.29) is 5.92 Å². The van der Waals surface area contributed by atoms with Gasteiger partial charge in [-0.3, -0.25) is 0 Å². The summed E-state index contributed by atoms with van der Waals surface area (Å²) in [5.41, 5.74) is 9.15. The maximum Gasteiger partial charge on any atom is 0.119 e. The Morgan fingerprint density at radius 2 is 1.58 bits per heavy atom. The second-order valence-electron chi connectivity index (χ2n) is 6.88. The van der Waals surface area contributed by atoms with E-state index in [9.17, 15) is 5.11 Å². The molecule has 0 aromatic heterocycles. The molecule has 3 heteroatoms. The molecular formula is C21H30N2O. The summed E-state index contributed by atoms with van der Waals surface area (Å²) in [4.78, 5) is 2.37. The minimum absolute atomic E-state index is 0.109. The fourth-order valence-electron chi connectivity index (χ4n) is 3.53. The van der Waals surface area contributed by atoms with Crippen molar-refractivity contribution in [1.29, 1.82) is 0 Å². The van der Waals surface area contributed by atoms with E-state index in [1.165, 1.54) is 5.56 Å². The van der Waals surface area contributed by atoms with E-state index in [0.717, 1.165) is 17.7 Å². The van der Waals surface area contributed by atoms with Crippen molar-refractivity contribution in [3.8, 4) is 5.75 Å². The number of phenolic OH excluding ortho intramolecular Hbond substituents is 1. The topological polar surface area (TPSA) is 49.5 Å². The number of nitrogens with two attached hydrogens (primary N) is 1. The van der Waals surface area contributed by atoms with Crippen LogP contribution in [0.4, 0.5) is 5.69 Å². The van der Waals surface area contributed by atoms with Crippen molar-refractivity contribution in [3.63, 3.8) is 0 Å². The molecule has 2 aromatic carbocycles. The van der Waals surface area contributed by atoms with Crippen LogP contribution < -0.4 is 10.6 Å². The Hall–Kier alpha value is -2.00. The Bertz CT molecular complexity index is 630. The first kappa shape index (κ1) is 18.3. The highest BCUT2D eigenvalue weighted by atomic mass is 16.3. The van der Waals surface area contributed by atoms with Gasteiger partial charge in [0, 0.05) is 29.3 Å².